The number of methoxy groups -OCH3 is 1. The summed E-state index contributed by atoms with van der Waals surface area (Å²) >= 11 is 0. The molecule has 8 rings (SSSR count). The van der Waals surface area contributed by atoms with Crippen molar-refractivity contribution in [1.82, 2.24) is 5.32 Å². The average Bonchev–Trinajstić information content (AvgIpc) is 3.57. The number of aryl methyl sites for hydroxylation is 2. The molecule has 4 nitrogen and oxygen atoms in total. The number of unbranched alkanes of at least 4 members (excludes halogenated alkanes) is 11. The molecule has 1 N–H and O–H groups in total. The van der Waals surface area contributed by atoms with Crippen LogP contribution in [0.1, 0.15) is 296 Å². The number of hydrogen-bond donors (Lipinski definition) is 1. The van der Waals surface area contributed by atoms with Crippen LogP contribution in [0.15, 0.2) is 97.1 Å². The van der Waals surface area contributed by atoms with Crippen molar-refractivity contribution >= 4 is 11.7 Å². The third-order valence-corrected chi connectivity index (χ3v) is 19.3. The van der Waals surface area contributed by atoms with Gasteiger partial charge in [-0.25, -0.2) is 0 Å². The van der Waals surface area contributed by atoms with Crippen LogP contribution >= 0.6 is 0 Å². The second kappa shape index (κ2) is 28.3. The molecule has 5 aromatic rings. The fourth-order valence-corrected chi connectivity index (χ4v) is 14.0. The number of rotatable bonds is 31. The van der Waals surface area contributed by atoms with Crippen LogP contribution in [0.25, 0.3) is 0 Å². The summed E-state index contributed by atoms with van der Waals surface area (Å²) in [5.74, 6) is 3.38. The Morgan fingerprint density at radius 3 is 1.74 bits per heavy atom. The van der Waals surface area contributed by atoms with E-state index in [0.717, 1.165) is 69.1 Å². The second-order valence-electron chi connectivity index (χ2n) is 24.6. The molecule has 3 aliphatic rings. The van der Waals surface area contributed by atoms with Crippen LogP contribution in [0.5, 0.6) is 5.75 Å². The summed E-state index contributed by atoms with van der Waals surface area (Å²) in [6.07, 6.45) is 29.6. The predicted molar refractivity (Wildman–Crippen MR) is 325 cm³/mol. The highest BCUT2D eigenvalue weighted by molar-refractivity contribution is 5.94. The maximum absolute atomic E-state index is 14.2. The van der Waals surface area contributed by atoms with Crippen LogP contribution in [0.3, 0.4) is 0 Å². The van der Waals surface area contributed by atoms with Crippen molar-refractivity contribution in [1.29, 1.82) is 0 Å². The quantitative estimate of drug-likeness (QED) is 0.0450. The Bertz CT molecular complexity index is 2690. The summed E-state index contributed by atoms with van der Waals surface area (Å²) in [6, 6.07) is 36.8. The molecule has 1 unspecified atom stereocenters. The maximum Gasteiger partial charge on any atom is 0.251 e. The summed E-state index contributed by atoms with van der Waals surface area (Å²) in [7, 11) is 1.76. The Morgan fingerprint density at radius 2 is 1.16 bits per heavy atom. The lowest BCUT2D eigenvalue weighted by molar-refractivity contribution is -0.125. The van der Waals surface area contributed by atoms with Crippen molar-refractivity contribution in [2.45, 2.75) is 244 Å². The zero-order valence-corrected chi connectivity index (χ0v) is 49.3. The first-order valence-corrected chi connectivity index (χ1v) is 31.5. The van der Waals surface area contributed by atoms with Gasteiger partial charge in [-0.2, -0.15) is 0 Å². The number of carbonyl (C=O) groups is 2. The van der Waals surface area contributed by atoms with E-state index in [2.05, 4.69) is 139 Å². The molecular formula is C73H99NO3. The van der Waals surface area contributed by atoms with Crippen molar-refractivity contribution in [2.75, 3.05) is 13.7 Å². The highest BCUT2D eigenvalue weighted by Crippen LogP contribution is 2.54. The topological polar surface area (TPSA) is 55.4 Å². The second-order valence-corrected chi connectivity index (χ2v) is 24.6. The lowest BCUT2D eigenvalue weighted by Crippen LogP contribution is -2.33. The average molecular weight is 1040 g/mol. The van der Waals surface area contributed by atoms with E-state index < -0.39 is 0 Å². The minimum Gasteiger partial charge on any atom is -0.496 e. The van der Waals surface area contributed by atoms with Gasteiger partial charge in [-0.15, -0.1) is 0 Å². The molecule has 0 spiro atoms. The van der Waals surface area contributed by atoms with Crippen molar-refractivity contribution in [3.63, 3.8) is 0 Å². The summed E-state index contributed by atoms with van der Waals surface area (Å²) in [6.45, 7) is 17.1. The van der Waals surface area contributed by atoms with Crippen LogP contribution in [0, 0.1) is 5.92 Å². The monoisotopic (exact) mass is 1040 g/mol. The minimum atomic E-state index is -0.233. The molecule has 0 aliphatic heterocycles. The number of amides is 1. The third kappa shape index (κ3) is 14.1. The van der Waals surface area contributed by atoms with Gasteiger partial charge >= 0.3 is 0 Å². The van der Waals surface area contributed by atoms with Gasteiger partial charge < -0.3 is 10.1 Å². The Kier molecular flexibility index (Phi) is 21.4. The molecule has 0 heterocycles. The number of benzene rings is 5. The van der Waals surface area contributed by atoms with Crippen molar-refractivity contribution in [3.8, 4) is 5.75 Å². The zero-order valence-electron chi connectivity index (χ0n) is 49.3. The molecule has 0 radical (unpaired) electrons. The van der Waals surface area contributed by atoms with Gasteiger partial charge in [0.25, 0.3) is 5.91 Å². The lowest BCUT2D eigenvalue weighted by Gasteiger charge is -2.42. The van der Waals surface area contributed by atoms with Gasteiger partial charge in [-0.1, -0.05) is 198 Å². The SMILES string of the molecule is CCCCCCCCCCCCCNC(=O)c1ccc(OC)c(C2c3ccc(C4CCC4)cc3C(C)(C)c3cc(C4CC(C(=O)Cc5ccc(C(CC)CC)c(CCCCc6ccccc6C(CC)CC)c5)C4)ccc32)c1. The summed E-state index contributed by atoms with van der Waals surface area (Å²) in [5.41, 5.74) is 16.8. The van der Waals surface area contributed by atoms with E-state index in [-0.39, 0.29) is 23.2 Å². The Balaban J connectivity index is 0.949. The number of ether oxygens (including phenoxy) is 1. The van der Waals surface area contributed by atoms with Gasteiger partial charge in [-0.3, -0.25) is 9.59 Å². The summed E-state index contributed by atoms with van der Waals surface area (Å²) in [4.78, 5) is 28.1. The van der Waals surface area contributed by atoms with E-state index in [1.165, 1.54) is 152 Å². The zero-order chi connectivity index (χ0) is 54.3. The first-order chi connectivity index (χ1) is 37.5. The number of hydrogen-bond acceptors (Lipinski definition) is 3. The van der Waals surface area contributed by atoms with E-state index in [0.29, 0.717) is 48.0 Å². The van der Waals surface area contributed by atoms with Crippen molar-refractivity contribution in [3.05, 3.63) is 169 Å². The van der Waals surface area contributed by atoms with Crippen LogP contribution in [0.4, 0.5) is 0 Å². The largest absolute Gasteiger partial charge is 0.496 e. The van der Waals surface area contributed by atoms with Gasteiger partial charge in [0.2, 0.25) is 0 Å². The molecule has 4 heteroatoms. The smallest absolute Gasteiger partial charge is 0.251 e. The van der Waals surface area contributed by atoms with Gasteiger partial charge in [-0.05, 0) is 187 Å². The molecule has 5 aromatic carbocycles. The van der Waals surface area contributed by atoms with Gasteiger partial charge in [0.15, 0.2) is 0 Å². The standard InChI is InChI=1S/C73H99NO3/c1-9-14-15-16-17-18-19-20-21-22-27-43-74-72(76)59-38-42-70(77-8)66(48-59)71-64-40-36-56(54-32-28-33-54)49-67(64)73(6,7)68-50-57(37-41-65(68)71)60-46-61(47-60)69(75)45-51-35-39-63(53(12-4)13-5)58(44-51)31-24-23-29-55-30-25-26-34-62(55)52(10-2)11-3/h25-26,30,34-42,44,48-50,52-54,60-61,71H,9-24,27-29,31-33,43,45-47H2,1-8H3,(H,74,76). The normalized spacial score (nSPS) is 17.7. The fourth-order valence-electron chi connectivity index (χ4n) is 14.0. The lowest BCUT2D eigenvalue weighted by atomic mass is 9.61. The van der Waals surface area contributed by atoms with E-state index >= 15 is 0 Å². The number of Topliss-reactive ketones (excluding diaryl/α,β-unsaturated/α-hetero) is 1. The fraction of sp³-hybridized carbons (Fsp3) is 0.562. The summed E-state index contributed by atoms with van der Waals surface area (Å²) < 4.78 is 6.17. The van der Waals surface area contributed by atoms with Gasteiger partial charge in [0.1, 0.15) is 11.5 Å². The van der Waals surface area contributed by atoms with Gasteiger partial charge in [0, 0.05) is 41.3 Å². The molecule has 0 aromatic heterocycles. The molecule has 2 fully saturated rings. The van der Waals surface area contributed by atoms with Crippen molar-refractivity contribution < 1.29 is 14.3 Å². The van der Waals surface area contributed by atoms with Gasteiger partial charge in [0.05, 0.1) is 7.11 Å². The third-order valence-electron chi connectivity index (χ3n) is 19.3. The first kappa shape index (κ1) is 58.2. The molecule has 3 aliphatic carbocycles. The molecular weight excluding hydrogens is 939 g/mol. The molecule has 1 amide bonds. The Labute approximate surface area is 467 Å². The molecule has 2 saturated carbocycles. The molecule has 414 valence electrons. The number of nitrogens with one attached hydrogen (secondary N) is 1. The van der Waals surface area contributed by atoms with E-state index in [1.807, 2.05) is 12.1 Å². The summed E-state index contributed by atoms with van der Waals surface area (Å²) in [5, 5.41) is 3.27. The first-order valence-electron chi connectivity index (χ1n) is 31.5. The predicted octanol–water partition coefficient (Wildman–Crippen LogP) is 19.5. The highest BCUT2D eigenvalue weighted by Gasteiger charge is 2.42. The van der Waals surface area contributed by atoms with Crippen LogP contribution in [0.2, 0.25) is 0 Å². The number of fused-ring (bicyclic) bond motifs is 2. The van der Waals surface area contributed by atoms with E-state index in [4.69, 9.17) is 4.74 Å². The van der Waals surface area contributed by atoms with E-state index in [9.17, 15) is 9.59 Å². The highest BCUT2D eigenvalue weighted by atomic mass is 16.5. The molecule has 1 atom stereocenters. The van der Waals surface area contributed by atoms with E-state index in [1.54, 1.807) is 12.7 Å². The number of carbonyl (C=O) groups excluding carboxylic acids is 2. The molecule has 77 heavy (non-hydrogen) atoms. The Morgan fingerprint density at radius 1 is 0.584 bits per heavy atom. The minimum absolute atomic E-state index is 0.0123. The molecule has 0 saturated heterocycles. The Hall–Kier alpha value is -4.96. The van der Waals surface area contributed by atoms with Crippen LogP contribution < -0.4 is 10.1 Å². The van der Waals surface area contributed by atoms with Crippen molar-refractivity contribution in [2.24, 2.45) is 5.92 Å². The van der Waals surface area contributed by atoms with Crippen LogP contribution in [-0.4, -0.2) is 25.3 Å². The maximum atomic E-state index is 14.2. The van der Waals surface area contributed by atoms with Crippen LogP contribution in [-0.2, 0) is 29.5 Å². The molecule has 0 bridgehead atoms. The number of ketones is 1.